The summed E-state index contributed by atoms with van der Waals surface area (Å²) >= 11 is 0. The third-order valence-corrected chi connectivity index (χ3v) is 23.0. The second-order valence-electron chi connectivity index (χ2n) is 19.4. The highest BCUT2D eigenvalue weighted by Gasteiger charge is 2.56. The van der Waals surface area contributed by atoms with E-state index >= 15 is 0 Å². The topological polar surface area (TPSA) is 155 Å². The molecule has 2 fully saturated rings. The zero-order valence-corrected chi connectivity index (χ0v) is 41.6. The summed E-state index contributed by atoms with van der Waals surface area (Å²) in [4.78, 5) is 0. The molecule has 0 radical (unpaired) electrons. The average molecular weight is 953 g/mol. The van der Waals surface area contributed by atoms with Crippen LogP contribution in [0.3, 0.4) is 0 Å². The third kappa shape index (κ3) is 10.9. The van der Waals surface area contributed by atoms with Gasteiger partial charge < -0.3 is 57.7 Å². The van der Waals surface area contributed by atoms with E-state index in [0.29, 0.717) is 0 Å². The fraction of sp³-hybridized carbons (Fsp3) is 0.434. The van der Waals surface area contributed by atoms with Crippen LogP contribution in [-0.4, -0.2) is 126 Å². The van der Waals surface area contributed by atoms with Crippen molar-refractivity contribution in [3.8, 4) is 0 Å². The van der Waals surface area contributed by atoms with Gasteiger partial charge in [0.15, 0.2) is 12.6 Å². The van der Waals surface area contributed by atoms with Gasteiger partial charge in [0.05, 0.1) is 19.8 Å². The van der Waals surface area contributed by atoms with E-state index in [0.717, 1.165) is 26.3 Å². The highest BCUT2D eigenvalue weighted by atomic mass is 28.4. The number of ether oxygens (including phenoxy) is 6. The maximum Gasteiger partial charge on any atom is 0.261 e. The van der Waals surface area contributed by atoms with Crippen LogP contribution < -0.4 is 20.7 Å². The van der Waals surface area contributed by atoms with E-state index in [4.69, 9.17) is 37.3 Å². The highest BCUT2D eigenvalue weighted by molar-refractivity contribution is 7.00. The van der Waals surface area contributed by atoms with Crippen molar-refractivity contribution in [2.45, 2.75) is 120 Å². The summed E-state index contributed by atoms with van der Waals surface area (Å²) in [7, 11) is -4.79. The molecule has 10 atom stereocenters. The smallest absolute Gasteiger partial charge is 0.261 e. The fourth-order valence-electron chi connectivity index (χ4n) is 9.67. The summed E-state index contributed by atoms with van der Waals surface area (Å²) in [5, 5.41) is 50.5. The van der Waals surface area contributed by atoms with Crippen LogP contribution in [0.4, 0.5) is 0 Å². The van der Waals surface area contributed by atoms with E-state index in [1.807, 2.05) is 103 Å². The zero-order valence-electron chi connectivity index (χ0n) is 39.6. The zero-order chi connectivity index (χ0) is 47.8. The molecule has 4 N–H and O–H groups in total. The summed E-state index contributed by atoms with van der Waals surface area (Å²) in [6.07, 6.45) is -13.8. The molecule has 0 saturated carbocycles. The van der Waals surface area contributed by atoms with Gasteiger partial charge in [-0.25, -0.2) is 0 Å². The van der Waals surface area contributed by atoms with Crippen molar-refractivity contribution in [1.29, 1.82) is 0 Å². The molecule has 7 rings (SSSR count). The summed E-state index contributed by atoms with van der Waals surface area (Å²) in [6.45, 7) is 12.7. The lowest BCUT2D eigenvalue weighted by Crippen LogP contribution is -2.69. The third-order valence-electron chi connectivity index (χ3n) is 13.0. The van der Waals surface area contributed by atoms with E-state index in [2.05, 4.69) is 90.1 Å². The second kappa shape index (κ2) is 22.2. The van der Waals surface area contributed by atoms with Crippen LogP contribution in [-0.2, 0) is 43.9 Å². The summed E-state index contributed by atoms with van der Waals surface area (Å²) in [5.41, 5.74) is 0.931. The van der Waals surface area contributed by atoms with Crippen molar-refractivity contribution in [1.82, 2.24) is 0 Å². The first-order chi connectivity index (χ1) is 32.1. The monoisotopic (exact) mass is 952 g/mol. The van der Waals surface area contributed by atoms with E-state index in [1.165, 1.54) is 7.11 Å². The second-order valence-corrected chi connectivity index (χ2v) is 28.0. The lowest BCUT2D eigenvalue weighted by Gasteiger charge is -2.49. The summed E-state index contributed by atoms with van der Waals surface area (Å²) < 4.78 is 52.0. The number of benzene rings is 5. The molecule has 360 valence electrons. The molecule has 12 nitrogen and oxygen atoms in total. The Hall–Kier alpha value is -3.95. The Balaban J connectivity index is 1.19. The van der Waals surface area contributed by atoms with Crippen LogP contribution in [0.2, 0.25) is 10.1 Å². The fourth-order valence-corrected chi connectivity index (χ4v) is 18.8. The van der Waals surface area contributed by atoms with Gasteiger partial charge >= 0.3 is 0 Å². The molecule has 67 heavy (non-hydrogen) atoms. The predicted octanol–water partition coefficient (Wildman–Crippen LogP) is 4.62. The molecule has 2 aliphatic heterocycles. The van der Waals surface area contributed by atoms with Gasteiger partial charge in [-0.05, 0) is 36.4 Å². The van der Waals surface area contributed by atoms with Gasteiger partial charge in [-0.2, -0.15) is 0 Å². The van der Waals surface area contributed by atoms with Gasteiger partial charge in [0.2, 0.25) is 0 Å². The average Bonchev–Trinajstić information content (AvgIpc) is 3.33. The van der Waals surface area contributed by atoms with Gasteiger partial charge in [-0.3, -0.25) is 0 Å². The van der Waals surface area contributed by atoms with E-state index in [-0.39, 0.29) is 31.7 Å². The van der Waals surface area contributed by atoms with Gasteiger partial charge in [0.1, 0.15) is 55.6 Å². The first-order valence-electron chi connectivity index (χ1n) is 23.1. The molecule has 14 heteroatoms. The number of hydrogen-bond donors (Lipinski definition) is 4. The van der Waals surface area contributed by atoms with Crippen molar-refractivity contribution in [2.24, 2.45) is 0 Å². The Morgan fingerprint density at radius 1 is 0.478 bits per heavy atom. The molecule has 2 heterocycles. The maximum atomic E-state index is 12.5. The minimum Gasteiger partial charge on any atom is -0.405 e. The van der Waals surface area contributed by atoms with Crippen molar-refractivity contribution in [2.75, 3.05) is 27.1 Å². The van der Waals surface area contributed by atoms with Crippen LogP contribution in [0.1, 0.15) is 47.1 Å². The molecule has 2 aliphatic rings. The standard InChI is InChI=1S/C53H68O12Si2/c1-52(2,3)66(38-25-15-9-16-26-38,39-27-17-10-18-28-39)61-34-42-44(54)46(56)47(57)50(63-42)65-48-45(55)43(64-51(58-7)49(48)60-36-59-33-37-23-13-8-14-24-37)35-62-67(53(4,5)6,40-29-19-11-20-30-40)41-31-21-12-22-32-41/h8-32,42-51,54-57H,33-36H2,1-7H3. The normalized spacial score (nSPS) is 26.3. The Bertz CT molecular complexity index is 2150. The SMILES string of the molecule is COC1OC(CO[Si](c2ccccc2)(c2ccccc2)C(C)(C)C)C(O)C(OC2OC(CO[Si](c3ccccc3)(c3ccccc3)C(C)(C)C)C(O)C(O)C2O)C1OCOCc1ccccc1. The van der Waals surface area contributed by atoms with Crippen molar-refractivity contribution in [3.63, 3.8) is 0 Å². The summed E-state index contributed by atoms with van der Waals surface area (Å²) in [5.74, 6) is 0. The van der Waals surface area contributed by atoms with E-state index in [1.54, 1.807) is 0 Å². The Morgan fingerprint density at radius 2 is 0.866 bits per heavy atom. The number of hydrogen-bond acceptors (Lipinski definition) is 12. The van der Waals surface area contributed by atoms with Crippen molar-refractivity contribution in [3.05, 3.63) is 157 Å². The minimum atomic E-state index is -3.14. The highest BCUT2D eigenvalue weighted by Crippen LogP contribution is 2.40. The molecule has 0 aromatic heterocycles. The number of aliphatic hydroxyl groups is 4. The van der Waals surface area contributed by atoms with E-state index < -0.39 is 83.1 Å². The molecule has 2 saturated heterocycles. The maximum absolute atomic E-state index is 12.5. The molecule has 5 aromatic rings. The molecule has 0 spiro atoms. The Kier molecular flexibility index (Phi) is 16.9. The Labute approximate surface area is 397 Å². The number of methoxy groups -OCH3 is 1. The number of aliphatic hydroxyl groups excluding tert-OH is 4. The lowest BCUT2D eigenvalue weighted by atomic mass is 9.97. The molecular formula is C53H68O12Si2. The van der Waals surface area contributed by atoms with Crippen LogP contribution in [0, 0.1) is 0 Å². The van der Waals surface area contributed by atoms with Crippen LogP contribution >= 0.6 is 0 Å². The summed E-state index contributed by atoms with van der Waals surface area (Å²) in [6, 6.07) is 50.0. The van der Waals surface area contributed by atoms with Gasteiger partial charge in [0, 0.05) is 7.11 Å². The van der Waals surface area contributed by atoms with Crippen LogP contribution in [0.25, 0.3) is 0 Å². The number of rotatable bonds is 18. The lowest BCUT2D eigenvalue weighted by molar-refractivity contribution is -0.366. The van der Waals surface area contributed by atoms with Gasteiger partial charge in [-0.15, -0.1) is 0 Å². The molecule has 0 amide bonds. The quantitative estimate of drug-likeness (QED) is 0.0551. The first kappa shape index (κ1) is 50.9. The Morgan fingerprint density at radius 3 is 1.27 bits per heavy atom. The predicted molar refractivity (Wildman–Crippen MR) is 261 cm³/mol. The van der Waals surface area contributed by atoms with Gasteiger partial charge in [0.25, 0.3) is 16.6 Å². The molecule has 10 unspecified atom stereocenters. The van der Waals surface area contributed by atoms with Gasteiger partial charge in [-0.1, -0.05) is 193 Å². The molecule has 0 bridgehead atoms. The minimum absolute atomic E-state index is 0.0736. The largest absolute Gasteiger partial charge is 0.405 e. The molecule has 0 aliphatic carbocycles. The van der Waals surface area contributed by atoms with Crippen molar-refractivity contribution >= 4 is 37.4 Å². The van der Waals surface area contributed by atoms with Crippen LogP contribution in [0.5, 0.6) is 0 Å². The van der Waals surface area contributed by atoms with E-state index in [9.17, 15) is 20.4 Å². The first-order valence-corrected chi connectivity index (χ1v) is 26.9. The van der Waals surface area contributed by atoms with Crippen molar-refractivity contribution < 1.29 is 57.7 Å². The van der Waals surface area contributed by atoms with Crippen LogP contribution in [0.15, 0.2) is 152 Å². The molecule has 5 aromatic carbocycles. The molecular weight excluding hydrogens is 885 g/mol.